The van der Waals surface area contributed by atoms with E-state index in [0.29, 0.717) is 13.0 Å². The Morgan fingerprint density at radius 2 is 1.95 bits per heavy atom. The third-order valence-electron chi connectivity index (χ3n) is 2.79. The third kappa shape index (κ3) is 5.98. The molecule has 4 nitrogen and oxygen atoms in total. The van der Waals surface area contributed by atoms with Gasteiger partial charge in [-0.05, 0) is 24.6 Å². The van der Waals surface area contributed by atoms with Crippen LogP contribution in [0.4, 0.5) is 0 Å². The molecule has 0 fully saturated rings. The lowest BCUT2D eigenvalue weighted by atomic mass is 10.1. The lowest BCUT2D eigenvalue weighted by molar-refractivity contribution is -0.143. The van der Waals surface area contributed by atoms with Gasteiger partial charge in [-0.15, -0.1) is 0 Å². The monoisotopic (exact) mass is 284 g/mol. The summed E-state index contributed by atoms with van der Waals surface area (Å²) in [7, 11) is 0.639. The number of ether oxygens (including phenoxy) is 2. The molecule has 1 aromatic carbocycles. The Kier molecular flexibility index (Phi) is 6.73. The average molecular weight is 284 g/mol. The minimum absolute atomic E-state index is 0.0895. The van der Waals surface area contributed by atoms with Crippen LogP contribution in [0.25, 0.3) is 0 Å². The van der Waals surface area contributed by atoms with Crippen molar-refractivity contribution >= 4 is 16.8 Å². The van der Waals surface area contributed by atoms with Crippen molar-refractivity contribution in [2.24, 2.45) is 0 Å². The molecule has 0 saturated carbocycles. The van der Waals surface area contributed by atoms with Crippen molar-refractivity contribution in [3.8, 4) is 0 Å². The van der Waals surface area contributed by atoms with Crippen LogP contribution in [0.2, 0.25) is 0 Å². The molecule has 0 saturated heterocycles. The summed E-state index contributed by atoms with van der Waals surface area (Å²) in [6, 6.07) is 7.14. The molecule has 1 aromatic rings. The summed E-state index contributed by atoms with van der Waals surface area (Å²) in [4.78, 5) is 12.3. The van der Waals surface area contributed by atoms with Gasteiger partial charge in [0.25, 0.3) is 0 Å². The van der Waals surface area contributed by atoms with Crippen molar-refractivity contribution in [1.82, 2.24) is 0 Å². The molecule has 0 spiro atoms. The zero-order valence-corrected chi connectivity index (χ0v) is 12.4. The Balaban J connectivity index is 2.38. The summed E-state index contributed by atoms with van der Waals surface area (Å²) in [5, 5.41) is 0. The van der Waals surface area contributed by atoms with Crippen LogP contribution in [-0.4, -0.2) is 36.3 Å². The highest BCUT2D eigenvalue weighted by atomic mass is 32.2. The molecule has 5 heteroatoms. The van der Waals surface area contributed by atoms with E-state index in [1.165, 1.54) is 0 Å². The molecule has 0 unspecified atom stereocenters. The molecule has 0 amide bonds. The first kappa shape index (κ1) is 15.9. The van der Waals surface area contributed by atoms with Gasteiger partial charge in [-0.3, -0.25) is 9.00 Å². The zero-order chi connectivity index (χ0) is 14.3. The fraction of sp³-hybridized carbons (Fsp3) is 0.500. The van der Waals surface area contributed by atoms with E-state index in [-0.39, 0.29) is 18.5 Å². The van der Waals surface area contributed by atoms with Crippen molar-refractivity contribution in [3.63, 3.8) is 0 Å². The summed E-state index contributed by atoms with van der Waals surface area (Å²) >= 11 is 0. The quantitative estimate of drug-likeness (QED) is 0.718. The molecule has 0 N–H and O–H groups in total. The van der Waals surface area contributed by atoms with Gasteiger partial charge in [-0.2, -0.15) is 0 Å². The van der Waals surface area contributed by atoms with Crippen molar-refractivity contribution in [2.45, 2.75) is 30.8 Å². The van der Waals surface area contributed by atoms with Crippen molar-refractivity contribution in [2.75, 3.05) is 20.0 Å². The van der Waals surface area contributed by atoms with Crippen LogP contribution in [0.1, 0.15) is 18.9 Å². The van der Waals surface area contributed by atoms with E-state index in [1.54, 1.807) is 37.6 Å². The van der Waals surface area contributed by atoms with Crippen molar-refractivity contribution in [3.05, 3.63) is 29.8 Å². The second-order valence-corrected chi connectivity index (χ2v) is 5.71. The van der Waals surface area contributed by atoms with Gasteiger partial charge in [-0.1, -0.05) is 12.1 Å². The molecular weight excluding hydrogens is 264 g/mol. The Morgan fingerprint density at radius 3 is 2.47 bits per heavy atom. The molecule has 0 aliphatic rings. The molecule has 106 valence electrons. The second kappa shape index (κ2) is 8.07. The maximum atomic E-state index is 11.6. The van der Waals surface area contributed by atoms with E-state index in [2.05, 4.69) is 0 Å². The molecule has 0 aliphatic heterocycles. The van der Waals surface area contributed by atoms with E-state index in [4.69, 9.17) is 9.47 Å². The van der Waals surface area contributed by atoms with E-state index in [9.17, 15) is 9.00 Å². The first-order valence-electron chi connectivity index (χ1n) is 6.13. The van der Waals surface area contributed by atoms with Crippen LogP contribution in [0, 0.1) is 0 Å². The summed E-state index contributed by atoms with van der Waals surface area (Å²) in [5.41, 5.74) is 0.860. The van der Waals surface area contributed by atoms with E-state index in [1.807, 2.05) is 6.92 Å². The smallest absolute Gasteiger partial charge is 0.310 e. The number of rotatable bonds is 7. The molecule has 2 atom stereocenters. The van der Waals surface area contributed by atoms with Gasteiger partial charge in [0.1, 0.15) is 0 Å². The predicted octanol–water partition coefficient (Wildman–Crippen LogP) is 1.93. The van der Waals surface area contributed by atoms with E-state index in [0.717, 1.165) is 10.5 Å². The van der Waals surface area contributed by atoms with Gasteiger partial charge in [0, 0.05) is 35.5 Å². The fourth-order valence-corrected chi connectivity index (χ4v) is 1.99. The van der Waals surface area contributed by atoms with Gasteiger partial charge < -0.3 is 9.47 Å². The fourth-order valence-electron chi connectivity index (χ4n) is 1.47. The standard InChI is InChI=1S/C14H20O4S/c1-11(17-2)8-9-18-14(15)10-12-4-6-13(7-5-12)19(3)16/h4-7,11H,8-10H2,1-3H3/t11-,19-/m0/s1. The number of benzene rings is 1. The van der Waals surface area contributed by atoms with Crippen LogP contribution in [0.3, 0.4) is 0 Å². The summed E-state index contributed by atoms with van der Waals surface area (Å²) in [5.74, 6) is -0.256. The Hall–Kier alpha value is -1.20. The number of methoxy groups -OCH3 is 1. The van der Waals surface area contributed by atoms with Crippen molar-refractivity contribution < 1.29 is 18.5 Å². The van der Waals surface area contributed by atoms with Gasteiger partial charge >= 0.3 is 5.97 Å². The second-order valence-electron chi connectivity index (χ2n) is 4.33. The van der Waals surface area contributed by atoms with Crippen LogP contribution >= 0.6 is 0 Å². The normalized spacial score (nSPS) is 13.8. The lowest BCUT2D eigenvalue weighted by Gasteiger charge is -2.09. The van der Waals surface area contributed by atoms with Crippen LogP contribution in [0.15, 0.2) is 29.2 Å². The predicted molar refractivity (Wildman–Crippen MR) is 74.5 cm³/mol. The number of hydrogen-bond donors (Lipinski definition) is 0. The third-order valence-corrected chi connectivity index (χ3v) is 3.73. The van der Waals surface area contributed by atoms with E-state index < -0.39 is 10.8 Å². The number of carbonyl (C=O) groups is 1. The molecule has 0 bridgehead atoms. The SMILES string of the molecule is CO[C@@H](C)CCOC(=O)Cc1ccc([S@](C)=O)cc1. The van der Waals surface area contributed by atoms with E-state index >= 15 is 0 Å². The summed E-state index contributed by atoms with van der Waals surface area (Å²) in [6.45, 7) is 2.29. The number of hydrogen-bond acceptors (Lipinski definition) is 4. The van der Waals surface area contributed by atoms with Crippen LogP contribution < -0.4 is 0 Å². The van der Waals surface area contributed by atoms with Crippen molar-refractivity contribution in [1.29, 1.82) is 0 Å². The van der Waals surface area contributed by atoms with Crippen LogP contribution in [0.5, 0.6) is 0 Å². The minimum atomic E-state index is -0.991. The molecule has 0 aromatic heterocycles. The Labute approximate surface area is 116 Å². The molecule has 1 rings (SSSR count). The first-order valence-corrected chi connectivity index (χ1v) is 7.69. The highest BCUT2D eigenvalue weighted by Gasteiger charge is 2.07. The van der Waals surface area contributed by atoms with Gasteiger partial charge in [-0.25, -0.2) is 0 Å². The highest BCUT2D eigenvalue weighted by molar-refractivity contribution is 7.84. The molecule has 19 heavy (non-hydrogen) atoms. The Bertz CT molecular complexity index is 428. The maximum Gasteiger partial charge on any atom is 0.310 e. The lowest BCUT2D eigenvalue weighted by Crippen LogP contribution is -2.14. The maximum absolute atomic E-state index is 11.6. The van der Waals surface area contributed by atoms with Gasteiger partial charge in [0.15, 0.2) is 0 Å². The summed E-state index contributed by atoms with van der Waals surface area (Å²) < 4.78 is 21.4. The summed E-state index contributed by atoms with van der Waals surface area (Å²) in [6.07, 6.45) is 2.64. The highest BCUT2D eigenvalue weighted by Crippen LogP contribution is 2.09. The van der Waals surface area contributed by atoms with Gasteiger partial charge in [0.05, 0.1) is 19.1 Å². The molecule has 0 heterocycles. The topological polar surface area (TPSA) is 52.6 Å². The van der Waals surface area contributed by atoms with Crippen LogP contribution in [-0.2, 0) is 31.5 Å². The number of esters is 1. The average Bonchev–Trinajstić information content (AvgIpc) is 2.39. The zero-order valence-electron chi connectivity index (χ0n) is 11.5. The number of carbonyl (C=O) groups excluding carboxylic acids is 1. The largest absolute Gasteiger partial charge is 0.465 e. The first-order chi connectivity index (χ1) is 9.02. The minimum Gasteiger partial charge on any atom is -0.465 e. The Morgan fingerprint density at radius 1 is 1.32 bits per heavy atom. The molecule has 0 aliphatic carbocycles. The van der Waals surface area contributed by atoms with Gasteiger partial charge in [0.2, 0.25) is 0 Å². The molecule has 0 radical (unpaired) electrons. The molecular formula is C14H20O4S.